The first-order valence-corrected chi connectivity index (χ1v) is 12.8. The van der Waals surface area contributed by atoms with E-state index in [4.69, 9.17) is 16.0 Å². The number of aromatic amines is 1. The van der Waals surface area contributed by atoms with Gasteiger partial charge in [-0.25, -0.2) is 22.3 Å². The van der Waals surface area contributed by atoms with E-state index in [2.05, 4.69) is 9.71 Å². The Kier molecular flexibility index (Phi) is 6.25. The molecule has 0 atom stereocenters. The first kappa shape index (κ1) is 24.9. The minimum Gasteiger partial charge on any atom is -0.464 e. The zero-order valence-corrected chi connectivity index (χ0v) is 21.0. The highest BCUT2D eigenvalue weighted by molar-refractivity contribution is 7.88. The Morgan fingerprint density at radius 3 is 2.51 bits per heavy atom. The van der Waals surface area contributed by atoms with E-state index >= 15 is 4.39 Å². The molecule has 2 heterocycles. The van der Waals surface area contributed by atoms with E-state index < -0.39 is 32.5 Å². The molecule has 11 heteroatoms. The monoisotopic (exact) mass is 519 g/mol. The van der Waals surface area contributed by atoms with E-state index in [0.717, 1.165) is 16.9 Å². The summed E-state index contributed by atoms with van der Waals surface area (Å²) in [7, 11) is -3.40. The van der Waals surface area contributed by atoms with Gasteiger partial charge in [0.25, 0.3) is 5.56 Å². The predicted octanol–water partition coefficient (Wildman–Crippen LogP) is 4.08. The average molecular weight is 520 g/mol. The fraction of sp³-hybridized carbons (Fsp3) is 0.250. The van der Waals surface area contributed by atoms with Gasteiger partial charge < -0.3 is 4.42 Å². The lowest BCUT2D eigenvalue weighted by Crippen LogP contribution is -2.28. The molecule has 0 bridgehead atoms. The van der Waals surface area contributed by atoms with Gasteiger partial charge in [-0.05, 0) is 28.7 Å². The van der Waals surface area contributed by atoms with Crippen LogP contribution in [0.2, 0.25) is 5.02 Å². The molecule has 0 saturated carbocycles. The van der Waals surface area contributed by atoms with E-state index in [-0.39, 0.29) is 22.8 Å². The number of fused-ring (bicyclic) bond motifs is 1. The molecule has 0 unspecified atom stereocenters. The Hall–Kier alpha value is -3.21. The second-order valence-electron chi connectivity index (χ2n) is 9.24. The summed E-state index contributed by atoms with van der Waals surface area (Å²) in [5.41, 5.74) is 0.159. The predicted molar refractivity (Wildman–Crippen MR) is 133 cm³/mol. The summed E-state index contributed by atoms with van der Waals surface area (Å²) in [6.07, 6.45) is 3.70. The highest BCUT2D eigenvalue weighted by atomic mass is 35.5. The number of benzene rings is 2. The minimum absolute atomic E-state index is 0.0408. The number of nitrogens with one attached hydrogen (secondary N) is 2. The number of H-pyrrole nitrogens is 1. The fourth-order valence-corrected chi connectivity index (χ4v) is 4.74. The van der Waals surface area contributed by atoms with Crippen LogP contribution in [0.4, 0.5) is 4.39 Å². The standard InChI is InChI=1S/C24H23ClFN3O5S/c1-24(2,3)16-10-17(29-8-7-19(30)28-23(29)31)22(26)20(21(16)25)13-5-6-15-14(11-27-35(4,32)33)12-34-18(15)9-13/h5-10,12,27H,11H2,1-4H3,(H,28,30,31). The van der Waals surface area contributed by atoms with E-state index in [1.54, 1.807) is 18.2 Å². The quantitative estimate of drug-likeness (QED) is 0.412. The van der Waals surface area contributed by atoms with Crippen molar-refractivity contribution in [1.29, 1.82) is 0 Å². The molecule has 184 valence electrons. The second-order valence-corrected chi connectivity index (χ2v) is 11.5. The topological polar surface area (TPSA) is 114 Å². The van der Waals surface area contributed by atoms with Crippen LogP contribution in [0.5, 0.6) is 0 Å². The molecule has 0 saturated heterocycles. The van der Waals surface area contributed by atoms with Gasteiger partial charge in [-0.3, -0.25) is 14.3 Å². The molecule has 35 heavy (non-hydrogen) atoms. The van der Waals surface area contributed by atoms with Crippen LogP contribution in [0.3, 0.4) is 0 Å². The lowest BCUT2D eigenvalue weighted by atomic mass is 9.84. The van der Waals surface area contributed by atoms with Gasteiger partial charge in [0.05, 0.1) is 23.2 Å². The van der Waals surface area contributed by atoms with E-state index in [1.807, 2.05) is 20.8 Å². The third-order valence-corrected chi connectivity index (χ3v) is 6.60. The van der Waals surface area contributed by atoms with Crippen molar-refractivity contribution in [3.63, 3.8) is 0 Å². The van der Waals surface area contributed by atoms with Gasteiger partial charge in [0.2, 0.25) is 10.0 Å². The number of sulfonamides is 1. The number of furan rings is 1. The molecule has 8 nitrogen and oxygen atoms in total. The van der Waals surface area contributed by atoms with Crippen molar-refractivity contribution < 1.29 is 17.2 Å². The van der Waals surface area contributed by atoms with E-state index in [9.17, 15) is 18.0 Å². The summed E-state index contributed by atoms with van der Waals surface area (Å²) in [5.74, 6) is -0.748. The van der Waals surface area contributed by atoms with Crippen molar-refractivity contribution in [1.82, 2.24) is 14.3 Å². The first-order chi connectivity index (χ1) is 16.3. The Morgan fingerprint density at radius 1 is 1.17 bits per heavy atom. The Labute approximate surface area is 205 Å². The molecule has 2 aromatic carbocycles. The third kappa shape index (κ3) is 4.95. The highest BCUT2D eigenvalue weighted by Gasteiger charge is 2.26. The van der Waals surface area contributed by atoms with Crippen LogP contribution in [0.1, 0.15) is 31.9 Å². The van der Waals surface area contributed by atoms with Crippen LogP contribution < -0.4 is 16.0 Å². The Balaban J connectivity index is 1.93. The summed E-state index contributed by atoms with van der Waals surface area (Å²) in [4.78, 5) is 26.1. The van der Waals surface area contributed by atoms with E-state index in [1.165, 1.54) is 18.5 Å². The van der Waals surface area contributed by atoms with Crippen molar-refractivity contribution in [2.75, 3.05) is 6.26 Å². The van der Waals surface area contributed by atoms with Gasteiger partial charge in [-0.2, -0.15) is 0 Å². The summed E-state index contributed by atoms with van der Waals surface area (Å²) in [6, 6.07) is 7.58. The molecule has 0 spiro atoms. The molecule has 2 N–H and O–H groups in total. The van der Waals surface area contributed by atoms with Crippen molar-refractivity contribution in [2.45, 2.75) is 32.7 Å². The molecule has 0 aliphatic rings. The van der Waals surface area contributed by atoms with Crippen LogP contribution in [0.15, 0.2) is 56.8 Å². The zero-order chi connectivity index (χ0) is 25.7. The van der Waals surface area contributed by atoms with Gasteiger partial charge in [0, 0.05) is 35.3 Å². The lowest BCUT2D eigenvalue weighted by Gasteiger charge is -2.24. The maximum atomic E-state index is 16.0. The van der Waals surface area contributed by atoms with Crippen LogP contribution in [0, 0.1) is 5.82 Å². The van der Waals surface area contributed by atoms with Gasteiger partial charge in [-0.1, -0.05) is 44.5 Å². The fourth-order valence-electron chi connectivity index (χ4n) is 3.79. The summed E-state index contributed by atoms with van der Waals surface area (Å²) in [6.45, 7) is 5.77. The number of hydrogen-bond acceptors (Lipinski definition) is 5. The summed E-state index contributed by atoms with van der Waals surface area (Å²) >= 11 is 6.72. The molecule has 4 aromatic rings. The minimum atomic E-state index is -3.40. The molecule has 4 rings (SSSR count). The number of aromatic nitrogens is 2. The van der Waals surface area contributed by atoms with Crippen molar-refractivity contribution >= 4 is 32.6 Å². The summed E-state index contributed by atoms with van der Waals surface area (Å²) in [5, 5.41) is 0.839. The molecular formula is C24H23ClFN3O5S. The van der Waals surface area contributed by atoms with Gasteiger partial charge >= 0.3 is 5.69 Å². The molecule has 0 amide bonds. The normalized spacial score (nSPS) is 12.4. The summed E-state index contributed by atoms with van der Waals surface area (Å²) < 4.78 is 47.9. The van der Waals surface area contributed by atoms with Gasteiger partial charge in [-0.15, -0.1) is 0 Å². The molecular weight excluding hydrogens is 497 g/mol. The maximum Gasteiger partial charge on any atom is 0.333 e. The molecule has 0 fully saturated rings. The lowest BCUT2D eigenvalue weighted by molar-refractivity contribution is 0.580. The molecule has 0 aliphatic carbocycles. The zero-order valence-electron chi connectivity index (χ0n) is 19.4. The van der Waals surface area contributed by atoms with Crippen LogP contribution in [-0.2, 0) is 22.0 Å². The Bertz CT molecular complexity index is 1680. The number of nitrogens with zero attached hydrogens (tertiary/aromatic N) is 1. The van der Waals surface area contributed by atoms with Crippen molar-refractivity contribution in [2.24, 2.45) is 0 Å². The van der Waals surface area contributed by atoms with Crippen molar-refractivity contribution in [3.8, 4) is 16.8 Å². The van der Waals surface area contributed by atoms with Crippen LogP contribution in [-0.4, -0.2) is 24.2 Å². The molecule has 0 radical (unpaired) electrons. The van der Waals surface area contributed by atoms with E-state index in [0.29, 0.717) is 27.7 Å². The average Bonchev–Trinajstić information content (AvgIpc) is 3.14. The van der Waals surface area contributed by atoms with Crippen LogP contribution in [0.25, 0.3) is 27.8 Å². The molecule has 0 aliphatic heterocycles. The number of halogens is 2. The number of hydrogen-bond donors (Lipinski definition) is 2. The molecule has 2 aromatic heterocycles. The smallest absolute Gasteiger partial charge is 0.333 e. The number of rotatable bonds is 5. The largest absolute Gasteiger partial charge is 0.464 e. The second kappa shape index (κ2) is 8.78. The van der Waals surface area contributed by atoms with Crippen molar-refractivity contribution in [3.05, 3.63) is 85.6 Å². The Morgan fingerprint density at radius 2 is 1.89 bits per heavy atom. The van der Waals surface area contributed by atoms with Gasteiger partial charge in [0.1, 0.15) is 5.58 Å². The van der Waals surface area contributed by atoms with Crippen LogP contribution >= 0.6 is 11.6 Å². The van der Waals surface area contributed by atoms with Gasteiger partial charge in [0.15, 0.2) is 5.82 Å². The first-order valence-electron chi connectivity index (χ1n) is 10.6. The third-order valence-electron chi connectivity index (χ3n) is 5.54. The maximum absolute atomic E-state index is 16.0. The highest BCUT2D eigenvalue weighted by Crippen LogP contribution is 2.42. The SMILES string of the molecule is CC(C)(C)c1cc(-n2ccc(=O)[nH]c2=O)c(F)c(-c2ccc3c(CNS(C)(=O)=O)coc3c2)c1Cl.